The highest BCUT2D eigenvalue weighted by atomic mass is 32.2. The van der Waals surface area contributed by atoms with E-state index in [2.05, 4.69) is 12.1 Å². The highest BCUT2D eigenvalue weighted by molar-refractivity contribution is 8.00. The largest absolute Gasteiger partial charge is 0.396 e. The molecule has 2 rings (SSSR count). The molecule has 2 aliphatic rings. The van der Waals surface area contributed by atoms with Crippen molar-refractivity contribution in [3.8, 4) is 0 Å². The molecule has 1 atom stereocenters. The van der Waals surface area contributed by atoms with Gasteiger partial charge in [0.25, 0.3) is 0 Å². The van der Waals surface area contributed by atoms with Crippen LogP contribution in [-0.4, -0.2) is 34.9 Å². The fourth-order valence-electron chi connectivity index (χ4n) is 3.50. The summed E-state index contributed by atoms with van der Waals surface area (Å²) in [5.41, 5.74) is 0.542. The van der Waals surface area contributed by atoms with Gasteiger partial charge in [-0.05, 0) is 25.2 Å². The Bertz CT molecular complexity index is 429. The summed E-state index contributed by atoms with van der Waals surface area (Å²) in [7, 11) is 0. The number of carbonyl (C=O) groups excluding carboxylic acids is 2. The smallest absolute Gasteiger partial charge is 0.149 e. The van der Waals surface area contributed by atoms with Crippen LogP contribution in [0.1, 0.15) is 52.9 Å². The second-order valence-corrected chi connectivity index (χ2v) is 7.72. The summed E-state index contributed by atoms with van der Waals surface area (Å²) in [6.45, 7) is 6.51. The third-order valence-corrected chi connectivity index (χ3v) is 5.80. The van der Waals surface area contributed by atoms with E-state index < -0.39 is 5.92 Å². The van der Waals surface area contributed by atoms with Crippen molar-refractivity contribution in [2.75, 3.05) is 12.4 Å². The van der Waals surface area contributed by atoms with Crippen molar-refractivity contribution in [1.29, 1.82) is 0 Å². The molecule has 0 amide bonds. The van der Waals surface area contributed by atoms with Crippen LogP contribution in [0.2, 0.25) is 0 Å². The molecule has 1 heterocycles. The Balaban J connectivity index is 2.15. The minimum Gasteiger partial charge on any atom is -0.396 e. The van der Waals surface area contributed by atoms with Gasteiger partial charge >= 0.3 is 0 Å². The molecule has 5 heteroatoms. The van der Waals surface area contributed by atoms with E-state index in [1.165, 1.54) is 0 Å². The van der Waals surface area contributed by atoms with E-state index in [1.54, 1.807) is 0 Å². The first-order chi connectivity index (χ1) is 10.0. The van der Waals surface area contributed by atoms with Gasteiger partial charge in [0.1, 0.15) is 24.1 Å². The number of hydrogen-bond acceptors (Lipinski definition) is 5. The van der Waals surface area contributed by atoms with Gasteiger partial charge in [0.05, 0.1) is 5.71 Å². The van der Waals surface area contributed by atoms with Crippen LogP contribution >= 0.6 is 11.8 Å². The molecule has 0 radical (unpaired) electrons. The Kier molecular flexibility index (Phi) is 5.47. The summed E-state index contributed by atoms with van der Waals surface area (Å²) in [6, 6.07) is 0. The topological polar surface area (TPSA) is 55.7 Å². The SMILES string of the molecule is CCCC(=NOCC)C1C(=O)CC2(CSC(C)C2)CC1=O. The van der Waals surface area contributed by atoms with Crippen molar-refractivity contribution in [2.45, 2.75) is 58.1 Å². The van der Waals surface area contributed by atoms with Crippen molar-refractivity contribution in [3.63, 3.8) is 0 Å². The summed E-state index contributed by atoms with van der Waals surface area (Å²) in [4.78, 5) is 30.3. The third kappa shape index (κ3) is 3.68. The lowest BCUT2D eigenvalue weighted by atomic mass is 9.67. The predicted molar refractivity (Wildman–Crippen MR) is 85.7 cm³/mol. The van der Waals surface area contributed by atoms with E-state index in [0.29, 0.717) is 36.8 Å². The summed E-state index contributed by atoms with van der Waals surface area (Å²) >= 11 is 1.88. The molecule has 0 aromatic rings. The zero-order valence-electron chi connectivity index (χ0n) is 13.2. The molecule has 0 aromatic carbocycles. The molecular weight excluding hydrogens is 286 g/mol. The molecule has 1 aliphatic carbocycles. The van der Waals surface area contributed by atoms with Gasteiger partial charge in [0.2, 0.25) is 0 Å². The highest BCUT2D eigenvalue weighted by Gasteiger charge is 2.49. The predicted octanol–water partition coefficient (Wildman–Crippen LogP) is 3.24. The number of hydrogen-bond donors (Lipinski definition) is 0. The lowest BCUT2D eigenvalue weighted by molar-refractivity contribution is -0.136. The number of oxime groups is 1. The molecule has 1 saturated heterocycles. The molecule has 1 aliphatic heterocycles. The molecule has 0 N–H and O–H groups in total. The monoisotopic (exact) mass is 311 g/mol. The standard InChI is InChI=1S/C16H25NO3S/c1-4-6-12(17-20-5-2)15-13(18)8-16(9-14(15)19)7-11(3)21-10-16/h11,15H,4-10H2,1-3H3. The van der Waals surface area contributed by atoms with Crippen LogP contribution in [0, 0.1) is 11.3 Å². The second-order valence-electron chi connectivity index (χ2n) is 6.30. The average molecular weight is 311 g/mol. The summed E-state index contributed by atoms with van der Waals surface area (Å²) in [5, 5.41) is 4.61. The van der Waals surface area contributed by atoms with E-state index in [1.807, 2.05) is 25.6 Å². The number of nitrogens with zero attached hydrogens (tertiary/aromatic N) is 1. The fourth-order valence-corrected chi connectivity index (χ4v) is 4.93. The number of thioether (sulfide) groups is 1. The molecule has 2 fully saturated rings. The first-order valence-electron chi connectivity index (χ1n) is 7.87. The average Bonchev–Trinajstić information content (AvgIpc) is 2.75. The summed E-state index contributed by atoms with van der Waals surface area (Å²) in [5.74, 6) is 0.383. The van der Waals surface area contributed by atoms with Crippen molar-refractivity contribution in [3.05, 3.63) is 0 Å². The van der Waals surface area contributed by atoms with Crippen molar-refractivity contribution in [1.82, 2.24) is 0 Å². The lowest BCUT2D eigenvalue weighted by Crippen LogP contribution is -2.44. The molecule has 4 nitrogen and oxygen atoms in total. The minimum absolute atomic E-state index is 0.0489. The van der Waals surface area contributed by atoms with E-state index in [4.69, 9.17) is 4.84 Å². The van der Waals surface area contributed by atoms with Crippen LogP contribution in [0.15, 0.2) is 5.16 Å². The summed E-state index contributed by atoms with van der Waals surface area (Å²) in [6.07, 6.45) is 3.54. The van der Waals surface area contributed by atoms with Crippen LogP contribution in [0.4, 0.5) is 0 Å². The van der Waals surface area contributed by atoms with Gasteiger partial charge in [-0.1, -0.05) is 25.4 Å². The van der Waals surface area contributed by atoms with Crippen LogP contribution in [-0.2, 0) is 14.4 Å². The van der Waals surface area contributed by atoms with Gasteiger partial charge in [-0.25, -0.2) is 0 Å². The van der Waals surface area contributed by atoms with Gasteiger partial charge < -0.3 is 4.84 Å². The van der Waals surface area contributed by atoms with Gasteiger partial charge in [-0.2, -0.15) is 11.8 Å². The number of carbonyl (C=O) groups is 2. The Hall–Kier alpha value is -0.840. The number of rotatable bonds is 5. The highest BCUT2D eigenvalue weighted by Crippen LogP contribution is 2.49. The van der Waals surface area contributed by atoms with Crippen LogP contribution in [0.25, 0.3) is 0 Å². The molecule has 1 spiro atoms. The van der Waals surface area contributed by atoms with E-state index in [9.17, 15) is 9.59 Å². The van der Waals surface area contributed by atoms with E-state index in [0.717, 1.165) is 18.6 Å². The molecule has 118 valence electrons. The number of ketones is 2. The number of Topliss-reactive ketones (excluding diaryl/α,β-unsaturated/α-hetero) is 2. The molecule has 1 saturated carbocycles. The lowest BCUT2D eigenvalue weighted by Gasteiger charge is -2.35. The fraction of sp³-hybridized carbons (Fsp3) is 0.812. The molecular formula is C16H25NO3S. The first-order valence-corrected chi connectivity index (χ1v) is 8.92. The van der Waals surface area contributed by atoms with Crippen molar-refractivity contribution < 1.29 is 14.4 Å². The van der Waals surface area contributed by atoms with Crippen LogP contribution in [0.3, 0.4) is 0 Å². The van der Waals surface area contributed by atoms with Gasteiger partial charge in [0.15, 0.2) is 0 Å². The van der Waals surface area contributed by atoms with E-state index in [-0.39, 0.29) is 17.0 Å². The quantitative estimate of drug-likeness (QED) is 0.444. The van der Waals surface area contributed by atoms with E-state index >= 15 is 0 Å². The van der Waals surface area contributed by atoms with Crippen molar-refractivity contribution >= 4 is 29.0 Å². The molecule has 0 bridgehead atoms. The van der Waals surface area contributed by atoms with Crippen LogP contribution in [0.5, 0.6) is 0 Å². The maximum Gasteiger partial charge on any atom is 0.149 e. The minimum atomic E-state index is -0.650. The second kappa shape index (κ2) is 6.95. The zero-order chi connectivity index (χ0) is 15.5. The van der Waals surface area contributed by atoms with Crippen molar-refractivity contribution in [2.24, 2.45) is 16.5 Å². The molecule has 0 aromatic heterocycles. The maximum absolute atomic E-state index is 12.6. The maximum atomic E-state index is 12.6. The first kappa shape index (κ1) is 16.5. The Morgan fingerprint density at radius 1 is 1.33 bits per heavy atom. The van der Waals surface area contributed by atoms with Gasteiger partial charge in [-0.3, -0.25) is 9.59 Å². The molecule has 21 heavy (non-hydrogen) atoms. The van der Waals surface area contributed by atoms with Crippen LogP contribution < -0.4 is 0 Å². The van der Waals surface area contributed by atoms with Gasteiger partial charge in [-0.15, -0.1) is 0 Å². The Morgan fingerprint density at radius 3 is 2.48 bits per heavy atom. The molecule has 1 unspecified atom stereocenters. The Labute approximate surface area is 131 Å². The zero-order valence-corrected chi connectivity index (χ0v) is 14.0. The normalized spacial score (nSPS) is 33.8. The third-order valence-electron chi connectivity index (χ3n) is 4.29. The van der Waals surface area contributed by atoms with Gasteiger partial charge in [0, 0.05) is 23.8 Å². The Morgan fingerprint density at radius 2 is 2.00 bits per heavy atom. The summed E-state index contributed by atoms with van der Waals surface area (Å²) < 4.78 is 0.